The van der Waals surface area contributed by atoms with Crippen molar-refractivity contribution in [2.45, 2.75) is 26.4 Å². The van der Waals surface area contributed by atoms with E-state index in [0.717, 1.165) is 16.7 Å². The average Bonchev–Trinajstić information content (AvgIpc) is 2.16. The molecule has 0 fully saturated rings. The van der Waals surface area contributed by atoms with Gasteiger partial charge in [-0.05, 0) is 29.2 Å². The number of terminal acetylenes is 1. The number of hydrogen-bond donors (Lipinski definition) is 1. The van der Waals surface area contributed by atoms with Crippen molar-refractivity contribution in [2.75, 3.05) is 0 Å². The van der Waals surface area contributed by atoms with E-state index < -0.39 is 0 Å². The van der Waals surface area contributed by atoms with E-state index in [-0.39, 0.29) is 6.61 Å². The number of aliphatic hydroxyl groups is 1. The van der Waals surface area contributed by atoms with Gasteiger partial charge in [-0.25, -0.2) is 0 Å². The zero-order valence-corrected chi connectivity index (χ0v) is 8.04. The second-order valence-corrected chi connectivity index (χ2v) is 3.37. The van der Waals surface area contributed by atoms with E-state index in [4.69, 9.17) is 11.5 Å². The Kier molecular flexibility index (Phi) is 3.11. The summed E-state index contributed by atoms with van der Waals surface area (Å²) >= 11 is 0. The summed E-state index contributed by atoms with van der Waals surface area (Å²) < 4.78 is 0. The molecule has 0 aliphatic rings. The van der Waals surface area contributed by atoms with Crippen LogP contribution < -0.4 is 0 Å². The van der Waals surface area contributed by atoms with Gasteiger partial charge < -0.3 is 5.11 Å². The van der Waals surface area contributed by atoms with Crippen molar-refractivity contribution in [2.24, 2.45) is 0 Å². The summed E-state index contributed by atoms with van der Waals surface area (Å²) in [4.78, 5) is 0. The first-order chi connectivity index (χ1) is 6.19. The molecule has 0 spiro atoms. The molecule has 1 N–H and O–H groups in total. The van der Waals surface area contributed by atoms with Gasteiger partial charge in [-0.1, -0.05) is 25.8 Å². The molecule has 1 aromatic carbocycles. The Labute approximate surface area is 79.4 Å². The van der Waals surface area contributed by atoms with Gasteiger partial charge in [0, 0.05) is 5.56 Å². The maximum atomic E-state index is 9.08. The molecular formula is C12H14O. The molecule has 68 valence electrons. The fourth-order valence-corrected chi connectivity index (χ4v) is 1.37. The standard InChI is InChI=1S/C12H14O/c1-4-10-5-6-11(8-13)12(7-10)9(2)3/h1,5-7,9,13H,8H2,2-3H3. The zero-order chi connectivity index (χ0) is 9.84. The van der Waals surface area contributed by atoms with Crippen molar-refractivity contribution in [3.05, 3.63) is 34.9 Å². The van der Waals surface area contributed by atoms with E-state index in [1.807, 2.05) is 18.2 Å². The Morgan fingerprint density at radius 2 is 2.15 bits per heavy atom. The Morgan fingerprint density at radius 1 is 1.46 bits per heavy atom. The molecule has 1 heteroatoms. The van der Waals surface area contributed by atoms with Crippen LogP contribution in [-0.4, -0.2) is 5.11 Å². The van der Waals surface area contributed by atoms with Crippen LogP contribution >= 0.6 is 0 Å². The van der Waals surface area contributed by atoms with Gasteiger partial charge in [0.1, 0.15) is 0 Å². The SMILES string of the molecule is C#Cc1ccc(CO)c(C(C)C)c1. The van der Waals surface area contributed by atoms with Gasteiger partial charge in [0.05, 0.1) is 6.61 Å². The molecule has 0 aliphatic heterocycles. The molecule has 0 heterocycles. The van der Waals surface area contributed by atoms with Crippen LogP contribution in [-0.2, 0) is 6.61 Å². The first-order valence-electron chi connectivity index (χ1n) is 4.39. The van der Waals surface area contributed by atoms with Crippen LogP contribution in [0.2, 0.25) is 0 Å². The van der Waals surface area contributed by atoms with Gasteiger partial charge in [0.2, 0.25) is 0 Å². The quantitative estimate of drug-likeness (QED) is 0.682. The highest BCUT2D eigenvalue weighted by atomic mass is 16.3. The third kappa shape index (κ3) is 2.11. The second-order valence-electron chi connectivity index (χ2n) is 3.37. The number of rotatable bonds is 2. The van der Waals surface area contributed by atoms with Crippen LogP contribution in [0, 0.1) is 12.3 Å². The highest BCUT2D eigenvalue weighted by Crippen LogP contribution is 2.20. The van der Waals surface area contributed by atoms with Crippen LogP contribution in [0.3, 0.4) is 0 Å². The Hall–Kier alpha value is -1.26. The van der Waals surface area contributed by atoms with Gasteiger partial charge in [0.15, 0.2) is 0 Å². The Morgan fingerprint density at radius 3 is 2.62 bits per heavy atom. The van der Waals surface area contributed by atoms with Crippen molar-refractivity contribution in [1.29, 1.82) is 0 Å². The highest BCUT2D eigenvalue weighted by Gasteiger charge is 2.05. The van der Waals surface area contributed by atoms with Crippen molar-refractivity contribution >= 4 is 0 Å². The van der Waals surface area contributed by atoms with Crippen LogP contribution in [0.4, 0.5) is 0 Å². The largest absolute Gasteiger partial charge is 0.392 e. The first-order valence-corrected chi connectivity index (χ1v) is 4.39. The van der Waals surface area contributed by atoms with Crippen LogP contribution in [0.25, 0.3) is 0 Å². The van der Waals surface area contributed by atoms with Gasteiger partial charge in [-0.3, -0.25) is 0 Å². The molecule has 0 atom stereocenters. The molecule has 13 heavy (non-hydrogen) atoms. The zero-order valence-electron chi connectivity index (χ0n) is 8.04. The summed E-state index contributed by atoms with van der Waals surface area (Å²) in [6.07, 6.45) is 5.30. The fraction of sp³-hybridized carbons (Fsp3) is 0.333. The molecule has 0 aromatic heterocycles. The number of hydrogen-bond acceptors (Lipinski definition) is 1. The van der Waals surface area contributed by atoms with E-state index in [9.17, 15) is 0 Å². The second kappa shape index (κ2) is 4.11. The number of benzene rings is 1. The van der Waals surface area contributed by atoms with E-state index in [1.54, 1.807) is 0 Å². The van der Waals surface area contributed by atoms with Gasteiger partial charge >= 0.3 is 0 Å². The molecule has 0 saturated carbocycles. The van der Waals surface area contributed by atoms with Gasteiger partial charge in [0.25, 0.3) is 0 Å². The van der Waals surface area contributed by atoms with E-state index in [0.29, 0.717) is 5.92 Å². The lowest BCUT2D eigenvalue weighted by molar-refractivity contribution is 0.280. The van der Waals surface area contributed by atoms with Crippen LogP contribution in [0.15, 0.2) is 18.2 Å². The summed E-state index contributed by atoms with van der Waals surface area (Å²) in [5, 5.41) is 9.08. The maximum Gasteiger partial charge on any atom is 0.0684 e. The lowest BCUT2D eigenvalue weighted by Gasteiger charge is -2.11. The third-order valence-electron chi connectivity index (χ3n) is 2.10. The summed E-state index contributed by atoms with van der Waals surface area (Å²) in [6, 6.07) is 5.72. The van der Waals surface area contributed by atoms with E-state index in [1.165, 1.54) is 0 Å². The molecule has 1 nitrogen and oxygen atoms in total. The molecule has 0 unspecified atom stereocenters. The highest BCUT2D eigenvalue weighted by molar-refractivity contribution is 5.40. The first kappa shape index (κ1) is 9.83. The molecule has 1 rings (SSSR count). The van der Waals surface area contributed by atoms with Crippen LogP contribution in [0.5, 0.6) is 0 Å². The molecular weight excluding hydrogens is 160 g/mol. The predicted octanol–water partition coefficient (Wildman–Crippen LogP) is 2.28. The Bertz CT molecular complexity index is 331. The molecule has 0 amide bonds. The van der Waals surface area contributed by atoms with E-state index in [2.05, 4.69) is 19.8 Å². The van der Waals surface area contributed by atoms with Gasteiger partial charge in [-0.2, -0.15) is 0 Å². The molecule has 0 bridgehead atoms. The minimum Gasteiger partial charge on any atom is -0.392 e. The summed E-state index contributed by atoms with van der Waals surface area (Å²) in [7, 11) is 0. The fourth-order valence-electron chi connectivity index (χ4n) is 1.37. The maximum absolute atomic E-state index is 9.08. The summed E-state index contributed by atoms with van der Waals surface area (Å²) in [6.45, 7) is 4.27. The molecule has 0 saturated heterocycles. The van der Waals surface area contributed by atoms with Crippen molar-refractivity contribution in [1.82, 2.24) is 0 Å². The predicted molar refractivity (Wildman–Crippen MR) is 54.4 cm³/mol. The summed E-state index contributed by atoms with van der Waals surface area (Å²) in [5.74, 6) is 2.99. The summed E-state index contributed by atoms with van der Waals surface area (Å²) in [5.41, 5.74) is 2.98. The third-order valence-corrected chi connectivity index (χ3v) is 2.10. The van der Waals surface area contributed by atoms with Crippen molar-refractivity contribution < 1.29 is 5.11 Å². The molecule has 0 radical (unpaired) electrons. The Balaban J connectivity index is 3.20. The lowest BCUT2D eigenvalue weighted by atomic mass is 9.95. The average molecular weight is 174 g/mol. The van der Waals surface area contributed by atoms with E-state index >= 15 is 0 Å². The van der Waals surface area contributed by atoms with Crippen molar-refractivity contribution in [3.8, 4) is 12.3 Å². The molecule has 1 aromatic rings. The normalized spacial score (nSPS) is 10.1. The number of aliphatic hydroxyl groups excluding tert-OH is 1. The monoisotopic (exact) mass is 174 g/mol. The van der Waals surface area contributed by atoms with Crippen molar-refractivity contribution in [3.63, 3.8) is 0 Å². The van der Waals surface area contributed by atoms with Gasteiger partial charge in [-0.15, -0.1) is 6.42 Å². The lowest BCUT2D eigenvalue weighted by Crippen LogP contribution is -1.96. The minimum absolute atomic E-state index is 0.0817. The molecule has 0 aliphatic carbocycles. The minimum atomic E-state index is 0.0817. The topological polar surface area (TPSA) is 20.2 Å². The smallest absolute Gasteiger partial charge is 0.0684 e. The van der Waals surface area contributed by atoms with Crippen LogP contribution in [0.1, 0.15) is 36.5 Å².